The number of carboxylic acids is 1. The van der Waals surface area contributed by atoms with Gasteiger partial charge >= 0.3 is 5.97 Å². The van der Waals surface area contributed by atoms with Gasteiger partial charge in [0, 0.05) is 13.1 Å². The van der Waals surface area contributed by atoms with Crippen molar-refractivity contribution in [3.05, 3.63) is 35.4 Å². The van der Waals surface area contributed by atoms with Gasteiger partial charge in [-0.3, -0.25) is 4.79 Å². The molecule has 3 N–H and O–H groups in total. The van der Waals surface area contributed by atoms with Gasteiger partial charge in [-0.15, -0.1) is 0 Å². The summed E-state index contributed by atoms with van der Waals surface area (Å²) in [7, 11) is 1.88. The van der Waals surface area contributed by atoms with Gasteiger partial charge in [0.05, 0.1) is 24.3 Å². The number of rotatable bonds is 7. The largest absolute Gasteiger partial charge is 0.478 e. The number of amides is 1. The molecule has 0 bridgehead atoms. The summed E-state index contributed by atoms with van der Waals surface area (Å²) in [6.07, 6.45) is 7.10. The predicted octanol–water partition coefficient (Wildman–Crippen LogP) is 2.80. The molecule has 1 aromatic rings. The van der Waals surface area contributed by atoms with Crippen LogP contribution in [0.2, 0.25) is 0 Å². The van der Waals surface area contributed by atoms with Crippen molar-refractivity contribution >= 4 is 11.9 Å². The van der Waals surface area contributed by atoms with Crippen molar-refractivity contribution in [1.82, 2.24) is 4.90 Å². The van der Waals surface area contributed by atoms with E-state index in [4.69, 9.17) is 15.6 Å². The van der Waals surface area contributed by atoms with Crippen LogP contribution in [0.25, 0.3) is 0 Å². The van der Waals surface area contributed by atoms with E-state index in [-0.39, 0.29) is 23.5 Å². The van der Waals surface area contributed by atoms with E-state index >= 15 is 0 Å². The molecular weight excluding hydrogens is 344 g/mol. The fourth-order valence-electron chi connectivity index (χ4n) is 4.01. The van der Waals surface area contributed by atoms with Crippen LogP contribution in [0.1, 0.15) is 60.9 Å². The lowest BCUT2D eigenvalue weighted by Crippen LogP contribution is -2.52. The molecule has 2 fully saturated rings. The maximum Gasteiger partial charge on any atom is 0.335 e. The normalized spacial score (nSPS) is 24.1. The van der Waals surface area contributed by atoms with Gasteiger partial charge in [0.1, 0.15) is 0 Å². The summed E-state index contributed by atoms with van der Waals surface area (Å²) in [5, 5.41) is 9.06. The summed E-state index contributed by atoms with van der Waals surface area (Å²) in [5.74, 6) is -0.632. The number of nitrogens with two attached hydrogens (primary N) is 1. The average molecular weight is 374 g/mol. The number of nitrogens with zero attached hydrogens (tertiary/aromatic N) is 1. The second-order valence-electron chi connectivity index (χ2n) is 7.91. The summed E-state index contributed by atoms with van der Waals surface area (Å²) in [4.78, 5) is 25.5. The highest BCUT2D eigenvalue weighted by Crippen LogP contribution is 2.30. The smallest absolute Gasteiger partial charge is 0.335 e. The van der Waals surface area contributed by atoms with Gasteiger partial charge in [-0.2, -0.15) is 0 Å². The molecule has 0 unspecified atom stereocenters. The summed E-state index contributed by atoms with van der Waals surface area (Å²) >= 11 is 0. The van der Waals surface area contributed by atoms with Gasteiger partial charge in [-0.1, -0.05) is 12.1 Å². The third-order valence-corrected chi connectivity index (χ3v) is 6.14. The Morgan fingerprint density at radius 3 is 2.52 bits per heavy atom. The van der Waals surface area contributed by atoms with Gasteiger partial charge in [-0.25, -0.2) is 4.79 Å². The zero-order valence-corrected chi connectivity index (χ0v) is 16.0. The van der Waals surface area contributed by atoms with E-state index < -0.39 is 12.0 Å². The van der Waals surface area contributed by atoms with Gasteiger partial charge in [0.25, 0.3) is 0 Å². The van der Waals surface area contributed by atoms with Crippen molar-refractivity contribution < 1.29 is 19.4 Å². The van der Waals surface area contributed by atoms with Crippen molar-refractivity contribution in [1.29, 1.82) is 0 Å². The Hall–Kier alpha value is -1.92. The first-order valence-corrected chi connectivity index (χ1v) is 9.92. The maximum atomic E-state index is 12.6. The maximum absolute atomic E-state index is 12.6. The number of carbonyl (C=O) groups is 2. The van der Waals surface area contributed by atoms with Crippen LogP contribution in [0.5, 0.6) is 0 Å². The van der Waals surface area contributed by atoms with Crippen LogP contribution in [0.3, 0.4) is 0 Å². The molecule has 0 spiro atoms. The number of carbonyl (C=O) groups excluding carboxylic acids is 1. The van der Waals surface area contributed by atoms with Gasteiger partial charge in [0.2, 0.25) is 5.91 Å². The Morgan fingerprint density at radius 2 is 1.93 bits per heavy atom. The molecule has 6 nitrogen and oxygen atoms in total. The SMILES string of the molecule is CN(C(=O)[C@@H](N)C1CCC(OCc2cccc(C(=O)O)c2)CC1)C1CCC1. The second kappa shape index (κ2) is 8.85. The monoisotopic (exact) mass is 374 g/mol. The van der Waals surface area contributed by atoms with Crippen LogP contribution in [-0.2, 0) is 16.1 Å². The molecule has 2 saturated carbocycles. The first-order valence-electron chi connectivity index (χ1n) is 9.92. The summed E-state index contributed by atoms with van der Waals surface area (Å²) in [5.41, 5.74) is 7.42. The third kappa shape index (κ3) is 4.87. The van der Waals surface area contributed by atoms with E-state index in [1.165, 1.54) is 6.42 Å². The minimum atomic E-state index is -0.928. The van der Waals surface area contributed by atoms with Crippen molar-refractivity contribution in [2.45, 2.75) is 69.7 Å². The fraction of sp³-hybridized carbons (Fsp3) is 0.619. The molecule has 6 heteroatoms. The Kier molecular flexibility index (Phi) is 6.50. The number of aromatic carboxylic acids is 1. The minimum Gasteiger partial charge on any atom is -0.478 e. The molecule has 1 amide bonds. The minimum absolute atomic E-state index is 0.0783. The predicted molar refractivity (Wildman–Crippen MR) is 102 cm³/mol. The van der Waals surface area contributed by atoms with Crippen LogP contribution in [-0.4, -0.2) is 47.1 Å². The van der Waals surface area contributed by atoms with E-state index in [1.807, 2.05) is 18.0 Å². The molecular formula is C21H30N2O4. The molecule has 3 rings (SSSR count). The highest BCUT2D eigenvalue weighted by molar-refractivity contribution is 5.87. The quantitative estimate of drug-likeness (QED) is 0.765. The Bertz CT molecular complexity index is 666. The lowest BCUT2D eigenvalue weighted by atomic mass is 9.81. The Labute approximate surface area is 160 Å². The molecule has 0 radical (unpaired) electrons. The van der Waals surface area contributed by atoms with Crippen molar-refractivity contribution in [2.75, 3.05) is 7.05 Å². The number of benzene rings is 1. The summed E-state index contributed by atoms with van der Waals surface area (Å²) < 4.78 is 5.98. The highest BCUT2D eigenvalue weighted by atomic mass is 16.5. The molecule has 0 aliphatic heterocycles. The Balaban J connectivity index is 1.44. The Morgan fingerprint density at radius 1 is 1.22 bits per heavy atom. The molecule has 27 heavy (non-hydrogen) atoms. The van der Waals surface area contributed by atoms with Crippen LogP contribution < -0.4 is 5.73 Å². The number of likely N-dealkylation sites (N-methyl/N-ethyl adjacent to an activating group) is 1. The van der Waals surface area contributed by atoms with Crippen LogP contribution in [0, 0.1) is 5.92 Å². The van der Waals surface area contributed by atoms with Gasteiger partial charge in [0.15, 0.2) is 0 Å². The zero-order chi connectivity index (χ0) is 19.4. The van der Waals surface area contributed by atoms with E-state index in [1.54, 1.807) is 18.2 Å². The first-order chi connectivity index (χ1) is 13.0. The standard InChI is InChI=1S/C21H30N2O4/c1-23(17-6-3-7-17)20(24)19(22)15-8-10-18(11-9-15)27-13-14-4-2-5-16(12-14)21(25)26/h2,4-5,12,15,17-19H,3,6-11,13,22H2,1H3,(H,25,26)/t15?,18?,19-/m0/s1. The zero-order valence-electron chi connectivity index (χ0n) is 16.0. The molecule has 0 aromatic heterocycles. The average Bonchev–Trinajstić information content (AvgIpc) is 2.64. The van der Waals surface area contributed by atoms with Crippen LogP contribution in [0.4, 0.5) is 0 Å². The number of hydrogen-bond acceptors (Lipinski definition) is 4. The van der Waals surface area contributed by atoms with Gasteiger partial charge < -0.3 is 20.5 Å². The molecule has 1 atom stereocenters. The molecule has 2 aliphatic rings. The lowest BCUT2D eigenvalue weighted by molar-refractivity contribution is -0.136. The van der Waals surface area contributed by atoms with Crippen LogP contribution in [0.15, 0.2) is 24.3 Å². The van der Waals surface area contributed by atoms with Crippen molar-refractivity contribution in [2.24, 2.45) is 11.7 Å². The molecule has 148 valence electrons. The van der Waals surface area contributed by atoms with Gasteiger partial charge in [-0.05, 0) is 68.6 Å². The number of carboxylic acid groups (broad SMARTS) is 1. The summed E-state index contributed by atoms with van der Waals surface area (Å²) in [6.45, 7) is 0.409. The molecule has 0 heterocycles. The van der Waals surface area contributed by atoms with Crippen molar-refractivity contribution in [3.63, 3.8) is 0 Å². The lowest BCUT2D eigenvalue weighted by Gasteiger charge is -2.38. The van der Waals surface area contributed by atoms with E-state index in [0.29, 0.717) is 12.6 Å². The van der Waals surface area contributed by atoms with Crippen molar-refractivity contribution in [3.8, 4) is 0 Å². The number of ether oxygens (including phenoxy) is 1. The first kappa shape index (κ1) is 19.8. The molecule has 0 saturated heterocycles. The van der Waals surface area contributed by atoms with E-state index in [2.05, 4.69) is 0 Å². The van der Waals surface area contributed by atoms with E-state index in [0.717, 1.165) is 44.1 Å². The second-order valence-corrected chi connectivity index (χ2v) is 7.91. The molecule has 2 aliphatic carbocycles. The number of hydrogen-bond donors (Lipinski definition) is 2. The molecule has 1 aromatic carbocycles. The fourth-order valence-corrected chi connectivity index (χ4v) is 4.01. The van der Waals surface area contributed by atoms with E-state index in [9.17, 15) is 9.59 Å². The topological polar surface area (TPSA) is 92.9 Å². The highest BCUT2D eigenvalue weighted by Gasteiger charge is 2.34. The van der Waals surface area contributed by atoms with Crippen LogP contribution >= 0.6 is 0 Å². The third-order valence-electron chi connectivity index (χ3n) is 6.14. The summed E-state index contributed by atoms with van der Waals surface area (Å²) in [6, 6.07) is 6.81.